The second-order valence-corrected chi connectivity index (χ2v) is 12.5. The van der Waals surface area contributed by atoms with Crippen molar-refractivity contribution >= 4 is 45.2 Å². The summed E-state index contributed by atoms with van der Waals surface area (Å²) in [7, 11) is 0. The fraction of sp³-hybridized carbons (Fsp3) is 0.438. The van der Waals surface area contributed by atoms with E-state index in [1.165, 1.54) is 0 Å². The van der Waals surface area contributed by atoms with E-state index in [-0.39, 0.29) is 35.3 Å². The number of likely N-dealkylation sites (tertiary alicyclic amines) is 1. The Balaban J connectivity index is 1.33. The van der Waals surface area contributed by atoms with E-state index in [4.69, 9.17) is 21.3 Å². The molecule has 1 N–H and O–H groups in total. The number of halogens is 2. The Morgan fingerprint density at radius 3 is 2.58 bits per heavy atom. The Hall–Kier alpha value is -3.76. The second kappa shape index (κ2) is 11.1. The lowest BCUT2D eigenvalue weighted by atomic mass is 10.0. The zero-order valence-corrected chi connectivity index (χ0v) is 25.0. The summed E-state index contributed by atoms with van der Waals surface area (Å²) in [5.41, 5.74) is 0.852. The minimum absolute atomic E-state index is 0.109. The highest BCUT2D eigenvalue weighted by Crippen LogP contribution is 2.39. The molecule has 224 valence electrons. The van der Waals surface area contributed by atoms with Gasteiger partial charge < -0.3 is 14.7 Å². The average Bonchev–Trinajstić information content (AvgIpc) is 3.58. The van der Waals surface area contributed by atoms with Gasteiger partial charge in [0, 0.05) is 47.3 Å². The topological polar surface area (TPSA) is 94.9 Å². The van der Waals surface area contributed by atoms with Crippen LogP contribution in [0, 0.1) is 5.82 Å². The van der Waals surface area contributed by atoms with Gasteiger partial charge in [0.1, 0.15) is 23.6 Å². The molecule has 11 heteroatoms. The number of carbonyl (C=O) groups is 1. The number of hydrogen-bond donors (Lipinski definition) is 1. The van der Waals surface area contributed by atoms with Crippen molar-refractivity contribution in [3.63, 3.8) is 0 Å². The van der Waals surface area contributed by atoms with E-state index in [9.17, 15) is 9.90 Å². The molecule has 9 nitrogen and oxygen atoms in total. The third-order valence-corrected chi connectivity index (χ3v) is 9.56. The van der Waals surface area contributed by atoms with Crippen LogP contribution in [0.3, 0.4) is 0 Å². The Labute approximate surface area is 254 Å². The van der Waals surface area contributed by atoms with E-state index in [1.54, 1.807) is 17.2 Å². The quantitative estimate of drug-likeness (QED) is 0.277. The van der Waals surface area contributed by atoms with Crippen molar-refractivity contribution in [2.45, 2.75) is 63.7 Å². The van der Waals surface area contributed by atoms with Gasteiger partial charge in [-0.25, -0.2) is 9.18 Å². The number of amides is 1. The molecule has 3 atom stereocenters. The maximum atomic E-state index is 16.6. The van der Waals surface area contributed by atoms with Crippen LogP contribution in [0.25, 0.3) is 32.9 Å². The van der Waals surface area contributed by atoms with Gasteiger partial charge >= 0.3 is 12.1 Å². The number of nitrogens with zero attached hydrogens (tertiary/aromatic N) is 6. The highest BCUT2D eigenvalue weighted by molar-refractivity contribution is 6.36. The van der Waals surface area contributed by atoms with Crippen LogP contribution in [-0.2, 0) is 0 Å². The molecule has 3 saturated heterocycles. The number of carboxylic acid groups (broad SMARTS) is 1. The summed E-state index contributed by atoms with van der Waals surface area (Å²) in [5.74, 6) is -0.0572. The molecule has 3 aliphatic rings. The van der Waals surface area contributed by atoms with E-state index in [0.717, 1.165) is 43.0 Å². The van der Waals surface area contributed by atoms with Crippen molar-refractivity contribution in [2.24, 2.45) is 0 Å². The van der Waals surface area contributed by atoms with Crippen molar-refractivity contribution in [3.05, 3.63) is 53.4 Å². The second-order valence-electron chi connectivity index (χ2n) is 12.1. The molecule has 5 heterocycles. The Morgan fingerprint density at radius 2 is 1.86 bits per heavy atom. The maximum Gasteiger partial charge on any atom is 0.407 e. The molecule has 2 aromatic carbocycles. The number of benzene rings is 2. The lowest BCUT2D eigenvalue weighted by Crippen LogP contribution is -2.55. The number of anilines is 1. The molecule has 0 aliphatic carbocycles. The predicted molar refractivity (Wildman–Crippen MR) is 164 cm³/mol. The largest absolute Gasteiger partial charge is 0.465 e. The Morgan fingerprint density at radius 1 is 1.12 bits per heavy atom. The third-order valence-electron chi connectivity index (χ3n) is 9.25. The van der Waals surface area contributed by atoms with Crippen LogP contribution < -0.4 is 9.64 Å². The molecule has 0 radical (unpaired) electrons. The maximum absolute atomic E-state index is 16.6. The SMILES string of the molecule is CC(C)N1CCCC1COc1nc(N2C[C@H]3CC[C@@H](C2)N3C(=O)O)c2cnc(-c3cccc4cccc(Cl)c34)c(F)c2n1. The van der Waals surface area contributed by atoms with Gasteiger partial charge in [-0.3, -0.25) is 14.8 Å². The monoisotopic (exact) mass is 604 g/mol. The molecule has 2 aromatic heterocycles. The standard InChI is InChI=1S/C32H34ClFN6O3/c1-18(2)39-13-5-8-22(39)17-43-31-36-29-24(30(37-31)38-15-20-11-12-21(16-38)40(20)32(41)42)14-35-28(27(29)34)23-9-3-6-19-7-4-10-25(33)26(19)23/h3-4,6-7,9-10,14,18,20-22H,5,8,11-13,15-17H2,1-2H3,(H,41,42)/t20-,21+,22?. The summed E-state index contributed by atoms with van der Waals surface area (Å²) in [5, 5.41) is 12.4. The van der Waals surface area contributed by atoms with Crippen molar-refractivity contribution in [1.82, 2.24) is 24.8 Å². The first kappa shape index (κ1) is 28.0. The summed E-state index contributed by atoms with van der Waals surface area (Å²) < 4.78 is 22.8. The third kappa shape index (κ3) is 4.90. The first-order chi connectivity index (χ1) is 20.8. The van der Waals surface area contributed by atoms with Gasteiger partial charge in [-0.05, 0) is 57.5 Å². The molecule has 3 fully saturated rings. The summed E-state index contributed by atoms with van der Waals surface area (Å²) in [6, 6.07) is 11.6. The van der Waals surface area contributed by atoms with Gasteiger partial charge in [0.2, 0.25) is 0 Å². The van der Waals surface area contributed by atoms with E-state index < -0.39 is 11.9 Å². The molecule has 4 aromatic rings. The molecular weight excluding hydrogens is 571 g/mol. The van der Waals surface area contributed by atoms with Gasteiger partial charge in [0.05, 0.1) is 17.5 Å². The summed E-state index contributed by atoms with van der Waals surface area (Å²) >= 11 is 6.59. The lowest BCUT2D eigenvalue weighted by molar-refractivity contribution is 0.114. The fourth-order valence-electron chi connectivity index (χ4n) is 7.28. The first-order valence-corrected chi connectivity index (χ1v) is 15.4. The zero-order valence-electron chi connectivity index (χ0n) is 24.2. The van der Waals surface area contributed by atoms with Crippen molar-refractivity contribution in [3.8, 4) is 17.3 Å². The van der Waals surface area contributed by atoms with Crippen LogP contribution in [-0.4, -0.2) is 86.4 Å². The Kier molecular flexibility index (Phi) is 7.21. The van der Waals surface area contributed by atoms with Crippen LogP contribution in [0.4, 0.5) is 15.0 Å². The van der Waals surface area contributed by atoms with Crippen LogP contribution >= 0.6 is 11.6 Å². The minimum atomic E-state index is -0.902. The van der Waals surface area contributed by atoms with E-state index in [1.807, 2.05) is 35.2 Å². The van der Waals surface area contributed by atoms with Crippen molar-refractivity contribution < 1.29 is 19.0 Å². The molecule has 0 spiro atoms. The molecule has 2 bridgehead atoms. The number of ether oxygens (including phenoxy) is 1. The van der Waals surface area contributed by atoms with Crippen LogP contribution in [0.1, 0.15) is 39.5 Å². The van der Waals surface area contributed by atoms with Crippen LogP contribution in [0.2, 0.25) is 5.02 Å². The lowest BCUT2D eigenvalue weighted by Gasteiger charge is -2.40. The highest BCUT2D eigenvalue weighted by atomic mass is 35.5. The number of fused-ring (bicyclic) bond motifs is 4. The minimum Gasteiger partial charge on any atom is -0.465 e. The number of pyridine rings is 1. The molecular formula is C32H34ClFN6O3. The molecule has 3 aliphatic heterocycles. The normalized spacial score (nSPS) is 22.3. The van der Waals surface area contributed by atoms with Crippen molar-refractivity contribution in [1.29, 1.82) is 0 Å². The molecule has 0 saturated carbocycles. The number of rotatable bonds is 6. The fourth-order valence-corrected chi connectivity index (χ4v) is 7.57. The smallest absolute Gasteiger partial charge is 0.407 e. The Bertz CT molecular complexity index is 1700. The van der Waals surface area contributed by atoms with Gasteiger partial charge in [0.15, 0.2) is 5.82 Å². The predicted octanol–water partition coefficient (Wildman–Crippen LogP) is 6.22. The summed E-state index contributed by atoms with van der Waals surface area (Å²) in [6.45, 7) is 6.69. The first-order valence-electron chi connectivity index (χ1n) is 15.0. The average molecular weight is 605 g/mol. The summed E-state index contributed by atoms with van der Waals surface area (Å²) in [6.07, 6.45) is 4.40. The van der Waals surface area contributed by atoms with E-state index in [2.05, 4.69) is 28.7 Å². The van der Waals surface area contributed by atoms with Gasteiger partial charge in [-0.15, -0.1) is 0 Å². The van der Waals surface area contributed by atoms with Gasteiger partial charge in [-0.1, -0.05) is 41.9 Å². The zero-order chi connectivity index (χ0) is 29.8. The van der Waals surface area contributed by atoms with Crippen LogP contribution in [0.5, 0.6) is 6.01 Å². The van der Waals surface area contributed by atoms with Gasteiger partial charge in [0.25, 0.3) is 0 Å². The number of piperazine rings is 1. The molecule has 7 rings (SSSR count). The molecule has 1 amide bonds. The van der Waals surface area contributed by atoms with Crippen molar-refractivity contribution in [2.75, 3.05) is 31.1 Å². The number of aromatic nitrogens is 3. The van der Waals surface area contributed by atoms with E-state index >= 15 is 4.39 Å². The summed E-state index contributed by atoms with van der Waals surface area (Å²) in [4.78, 5) is 32.0. The van der Waals surface area contributed by atoms with E-state index in [0.29, 0.717) is 47.5 Å². The molecule has 1 unspecified atom stereocenters. The highest BCUT2D eigenvalue weighted by Gasteiger charge is 2.43. The van der Waals surface area contributed by atoms with Crippen LogP contribution in [0.15, 0.2) is 42.6 Å². The number of hydrogen-bond acceptors (Lipinski definition) is 7. The molecule has 43 heavy (non-hydrogen) atoms. The van der Waals surface area contributed by atoms with Gasteiger partial charge in [-0.2, -0.15) is 9.97 Å².